The van der Waals surface area contributed by atoms with E-state index in [9.17, 15) is 4.79 Å². The Morgan fingerprint density at radius 3 is 2.87 bits per heavy atom. The summed E-state index contributed by atoms with van der Waals surface area (Å²) in [5.41, 5.74) is 6.98. The molecule has 120 valence electrons. The van der Waals surface area contributed by atoms with Crippen molar-refractivity contribution >= 4 is 11.6 Å². The standard InChI is InChI=1S/C19H23N3O/c1-12-9-14(3)16(21-11-12)7-8-20-19(23)18-10-15-13(2)5-4-6-17(15)22-18/h4-6,9,11,18,22H,7-8,10H2,1-3H3,(H,20,23). The summed E-state index contributed by atoms with van der Waals surface area (Å²) < 4.78 is 0. The number of pyridine rings is 1. The average molecular weight is 309 g/mol. The summed E-state index contributed by atoms with van der Waals surface area (Å²) >= 11 is 0. The number of carbonyl (C=O) groups excluding carboxylic acids is 1. The van der Waals surface area contributed by atoms with E-state index in [1.54, 1.807) is 0 Å². The lowest BCUT2D eigenvalue weighted by Crippen LogP contribution is -2.39. The van der Waals surface area contributed by atoms with Gasteiger partial charge in [0.1, 0.15) is 6.04 Å². The molecule has 3 rings (SSSR count). The van der Waals surface area contributed by atoms with Crippen molar-refractivity contribution in [2.45, 2.75) is 39.7 Å². The van der Waals surface area contributed by atoms with E-state index in [0.717, 1.165) is 24.2 Å². The van der Waals surface area contributed by atoms with Gasteiger partial charge in [0, 0.05) is 37.0 Å². The molecule has 2 aromatic rings. The Kier molecular flexibility index (Phi) is 4.33. The first-order valence-corrected chi connectivity index (χ1v) is 8.09. The number of fused-ring (bicyclic) bond motifs is 1. The number of benzene rings is 1. The summed E-state index contributed by atoms with van der Waals surface area (Å²) in [6.07, 6.45) is 3.40. The summed E-state index contributed by atoms with van der Waals surface area (Å²) in [6.45, 7) is 6.81. The number of hydrogen-bond donors (Lipinski definition) is 2. The number of anilines is 1. The zero-order chi connectivity index (χ0) is 16.4. The molecule has 1 amide bonds. The molecule has 4 heteroatoms. The van der Waals surface area contributed by atoms with Crippen LogP contribution in [-0.4, -0.2) is 23.5 Å². The number of amides is 1. The van der Waals surface area contributed by atoms with Gasteiger partial charge in [0.05, 0.1) is 0 Å². The molecular formula is C19H23N3O. The molecule has 0 aliphatic carbocycles. The Bertz CT molecular complexity index is 739. The number of rotatable bonds is 4. The summed E-state index contributed by atoms with van der Waals surface area (Å²) in [6, 6.07) is 8.11. The molecule has 1 aromatic carbocycles. The number of aromatic nitrogens is 1. The van der Waals surface area contributed by atoms with Crippen LogP contribution in [0.4, 0.5) is 5.69 Å². The fourth-order valence-electron chi connectivity index (χ4n) is 3.14. The Morgan fingerprint density at radius 1 is 1.30 bits per heavy atom. The molecular weight excluding hydrogens is 286 g/mol. The van der Waals surface area contributed by atoms with Gasteiger partial charge in [-0.2, -0.15) is 0 Å². The van der Waals surface area contributed by atoms with Crippen LogP contribution < -0.4 is 10.6 Å². The molecule has 0 fully saturated rings. The number of hydrogen-bond acceptors (Lipinski definition) is 3. The Balaban J connectivity index is 1.54. The van der Waals surface area contributed by atoms with E-state index in [1.807, 2.05) is 25.3 Å². The fourth-order valence-corrected chi connectivity index (χ4v) is 3.14. The number of nitrogens with zero attached hydrogens (tertiary/aromatic N) is 1. The van der Waals surface area contributed by atoms with E-state index >= 15 is 0 Å². The first-order chi connectivity index (χ1) is 11.0. The van der Waals surface area contributed by atoms with Crippen molar-refractivity contribution in [3.8, 4) is 0 Å². The van der Waals surface area contributed by atoms with Crippen molar-refractivity contribution in [1.29, 1.82) is 0 Å². The quantitative estimate of drug-likeness (QED) is 0.913. The highest BCUT2D eigenvalue weighted by atomic mass is 16.2. The van der Waals surface area contributed by atoms with Gasteiger partial charge in [-0.1, -0.05) is 18.2 Å². The Hall–Kier alpha value is -2.36. The summed E-state index contributed by atoms with van der Waals surface area (Å²) in [4.78, 5) is 16.8. The Labute approximate surface area is 137 Å². The van der Waals surface area contributed by atoms with Crippen LogP contribution in [0.3, 0.4) is 0 Å². The van der Waals surface area contributed by atoms with Gasteiger partial charge >= 0.3 is 0 Å². The number of carbonyl (C=O) groups is 1. The second-order valence-corrected chi connectivity index (χ2v) is 6.32. The second kappa shape index (κ2) is 6.41. The van der Waals surface area contributed by atoms with Crippen molar-refractivity contribution in [2.75, 3.05) is 11.9 Å². The molecule has 2 N–H and O–H groups in total. The van der Waals surface area contributed by atoms with E-state index in [0.29, 0.717) is 6.54 Å². The highest BCUT2D eigenvalue weighted by Crippen LogP contribution is 2.28. The zero-order valence-electron chi connectivity index (χ0n) is 13.9. The minimum absolute atomic E-state index is 0.0605. The molecule has 23 heavy (non-hydrogen) atoms. The van der Waals surface area contributed by atoms with Gasteiger partial charge in [0.2, 0.25) is 5.91 Å². The van der Waals surface area contributed by atoms with Crippen molar-refractivity contribution in [3.63, 3.8) is 0 Å². The van der Waals surface area contributed by atoms with E-state index in [2.05, 4.69) is 41.6 Å². The molecule has 0 bridgehead atoms. The maximum absolute atomic E-state index is 12.4. The van der Waals surface area contributed by atoms with Gasteiger partial charge in [-0.15, -0.1) is 0 Å². The monoisotopic (exact) mass is 309 g/mol. The predicted octanol–water partition coefficient (Wildman–Crippen LogP) is 2.70. The topological polar surface area (TPSA) is 54.0 Å². The van der Waals surface area contributed by atoms with Crippen LogP contribution in [0, 0.1) is 20.8 Å². The van der Waals surface area contributed by atoms with E-state index in [1.165, 1.54) is 22.3 Å². The third-order valence-corrected chi connectivity index (χ3v) is 4.45. The zero-order valence-corrected chi connectivity index (χ0v) is 13.9. The van der Waals surface area contributed by atoms with Crippen LogP contribution in [0.5, 0.6) is 0 Å². The lowest BCUT2D eigenvalue weighted by molar-refractivity contribution is -0.121. The van der Waals surface area contributed by atoms with Gasteiger partial charge in [-0.3, -0.25) is 9.78 Å². The highest BCUT2D eigenvalue weighted by molar-refractivity contribution is 5.87. The minimum Gasteiger partial charge on any atom is -0.373 e. The smallest absolute Gasteiger partial charge is 0.242 e. The largest absolute Gasteiger partial charge is 0.373 e. The molecule has 0 saturated carbocycles. The van der Waals surface area contributed by atoms with Gasteiger partial charge in [0.25, 0.3) is 0 Å². The first-order valence-electron chi connectivity index (χ1n) is 8.09. The molecule has 0 saturated heterocycles. The van der Waals surface area contributed by atoms with Crippen LogP contribution in [-0.2, 0) is 17.6 Å². The minimum atomic E-state index is -0.168. The van der Waals surface area contributed by atoms with Crippen molar-refractivity contribution < 1.29 is 4.79 Å². The molecule has 2 heterocycles. The first kappa shape index (κ1) is 15.5. The van der Waals surface area contributed by atoms with Crippen LogP contribution in [0.25, 0.3) is 0 Å². The maximum atomic E-state index is 12.4. The van der Waals surface area contributed by atoms with Crippen LogP contribution in [0.15, 0.2) is 30.5 Å². The van der Waals surface area contributed by atoms with E-state index < -0.39 is 0 Å². The fraction of sp³-hybridized carbons (Fsp3) is 0.368. The molecule has 1 aliphatic rings. The van der Waals surface area contributed by atoms with E-state index in [4.69, 9.17) is 0 Å². The highest BCUT2D eigenvalue weighted by Gasteiger charge is 2.27. The van der Waals surface area contributed by atoms with Crippen LogP contribution >= 0.6 is 0 Å². The molecule has 1 unspecified atom stereocenters. The molecule has 4 nitrogen and oxygen atoms in total. The van der Waals surface area contributed by atoms with Crippen LogP contribution in [0.2, 0.25) is 0 Å². The van der Waals surface area contributed by atoms with E-state index in [-0.39, 0.29) is 11.9 Å². The number of aryl methyl sites for hydroxylation is 3. The average Bonchev–Trinajstić information content (AvgIpc) is 2.95. The van der Waals surface area contributed by atoms with Crippen molar-refractivity contribution in [3.05, 3.63) is 58.4 Å². The van der Waals surface area contributed by atoms with Gasteiger partial charge in [-0.25, -0.2) is 0 Å². The number of nitrogens with one attached hydrogen (secondary N) is 2. The maximum Gasteiger partial charge on any atom is 0.242 e. The summed E-state index contributed by atoms with van der Waals surface area (Å²) in [5.74, 6) is 0.0605. The van der Waals surface area contributed by atoms with Gasteiger partial charge < -0.3 is 10.6 Å². The molecule has 1 aromatic heterocycles. The lowest BCUT2D eigenvalue weighted by atomic mass is 10.0. The SMILES string of the molecule is Cc1cnc(CCNC(=O)C2Cc3c(C)cccc3N2)c(C)c1. The van der Waals surface area contributed by atoms with Gasteiger partial charge in [-0.05, 0) is 49.1 Å². The third kappa shape index (κ3) is 3.36. The summed E-state index contributed by atoms with van der Waals surface area (Å²) in [5, 5.41) is 6.34. The Morgan fingerprint density at radius 2 is 2.13 bits per heavy atom. The second-order valence-electron chi connectivity index (χ2n) is 6.32. The van der Waals surface area contributed by atoms with Gasteiger partial charge in [0.15, 0.2) is 0 Å². The molecule has 1 aliphatic heterocycles. The summed E-state index contributed by atoms with van der Waals surface area (Å²) in [7, 11) is 0. The molecule has 1 atom stereocenters. The van der Waals surface area contributed by atoms with Crippen LogP contribution in [0.1, 0.15) is 27.9 Å². The predicted molar refractivity (Wildman–Crippen MR) is 92.7 cm³/mol. The van der Waals surface area contributed by atoms with Crippen molar-refractivity contribution in [1.82, 2.24) is 10.3 Å². The molecule has 0 spiro atoms. The third-order valence-electron chi connectivity index (χ3n) is 4.45. The van der Waals surface area contributed by atoms with Crippen molar-refractivity contribution in [2.24, 2.45) is 0 Å². The molecule has 0 radical (unpaired) electrons. The lowest BCUT2D eigenvalue weighted by Gasteiger charge is -2.12. The normalized spacial score (nSPS) is 15.9.